The summed E-state index contributed by atoms with van der Waals surface area (Å²) in [6.07, 6.45) is 0.334. The molecule has 2 aromatic rings. The Bertz CT molecular complexity index is 982. The lowest BCUT2D eigenvalue weighted by Gasteiger charge is -2.08. The highest BCUT2D eigenvalue weighted by atomic mass is 16.5. The van der Waals surface area contributed by atoms with Crippen LogP contribution in [-0.2, 0) is 19.1 Å². The normalized spacial score (nSPS) is 10.1. The molecule has 2 amide bonds. The van der Waals surface area contributed by atoms with Gasteiger partial charge in [0, 0.05) is 35.3 Å². The van der Waals surface area contributed by atoms with E-state index in [1.807, 2.05) is 0 Å². The quantitative estimate of drug-likeness (QED) is 0.446. The van der Waals surface area contributed by atoms with Crippen molar-refractivity contribution in [3.05, 3.63) is 59.7 Å². The molecule has 0 spiro atoms. The maximum Gasteiger partial charge on any atom is 0.306 e. The Labute approximate surface area is 180 Å². The summed E-state index contributed by atoms with van der Waals surface area (Å²) in [6.45, 7) is 2.44. The number of benzene rings is 2. The maximum atomic E-state index is 12.0. The van der Waals surface area contributed by atoms with Gasteiger partial charge in [-0.1, -0.05) is 12.1 Å². The first kappa shape index (κ1) is 23.5. The molecule has 8 nitrogen and oxygen atoms in total. The smallest absolute Gasteiger partial charge is 0.306 e. The minimum absolute atomic E-state index is 0.0124. The molecule has 0 radical (unpaired) electrons. The van der Waals surface area contributed by atoms with E-state index >= 15 is 0 Å². The zero-order valence-corrected chi connectivity index (χ0v) is 17.4. The van der Waals surface area contributed by atoms with Crippen LogP contribution in [0.2, 0.25) is 0 Å². The molecule has 0 heterocycles. The van der Waals surface area contributed by atoms with Gasteiger partial charge in [-0.2, -0.15) is 0 Å². The van der Waals surface area contributed by atoms with Gasteiger partial charge in [0.25, 0.3) is 5.91 Å². The molecule has 0 unspecified atom stereocenters. The first-order valence-corrected chi connectivity index (χ1v) is 9.72. The highest BCUT2D eigenvalue weighted by Crippen LogP contribution is 2.12. The van der Waals surface area contributed by atoms with E-state index in [9.17, 15) is 24.0 Å². The van der Waals surface area contributed by atoms with Crippen molar-refractivity contribution < 1.29 is 28.7 Å². The molecule has 0 saturated heterocycles. The van der Waals surface area contributed by atoms with Gasteiger partial charge in [0.2, 0.25) is 5.91 Å². The van der Waals surface area contributed by atoms with Gasteiger partial charge in [0.1, 0.15) is 0 Å². The van der Waals surface area contributed by atoms with Crippen molar-refractivity contribution in [1.82, 2.24) is 0 Å². The Kier molecular flexibility index (Phi) is 8.63. The summed E-state index contributed by atoms with van der Waals surface area (Å²) in [4.78, 5) is 58.2. The van der Waals surface area contributed by atoms with Crippen LogP contribution in [-0.4, -0.2) is 36.0 Å². The summed E-state index contributed by atoms with van der Waals surface area (Å²) < 4.78 is 4.91. The lowest BCUT2D eigenvalue weighted by molar-refractivity contribution is -0.147. The molecule has 162 valence electrons. The van der Waals surface area contributed by atoms with E-state index in [-0.39, 0.29) is 36.7 Å². The third-order valence-electron chi connectivity index (χ3n) is 4.28. The summed E-state index contributed by atoms with van der Waals surface area (Å²) >= 11 is 0. The molecule has 0 aliphatic carbocycles. The lowest BCUT2D eigenvalue weighted by Crippen LogP contribution is -2.21. The van der Waals surface area contributed by atoms with E-state index in [4.69, 9.17) is 4.74 Å². The van der Waals surface area contributed by atoms with Gasteiger partial charge >= 0.3 is 5.97 Å². The Morgan fingerprint density at radius 2 is 1.39 bits per heavy atom. The highest BCUT2D eigenvalue weighted by molar-refractivity contribution is 5.97. The molecule has 0 saturated carbocycles. The Hall–Kier alpha value is -3.81. The second-order valence-corrected chi connectivity index (χ2v) is 6.88. The number of nitrogens with one attached hydrogen (secondary N) is 2. The fraction of sp³-hybridized carbons (Fsp3) is 0.261. The number of hydrogen-bond donors (Lipinski definition) is 2. The summed E-state index contributed by atoms with van der Waals surface area (Å²) in [5.41, 5.74) is 2.01. The molecule has 0 fully saturated rings. The largest absolute Gasteiger partial charge is 0.456 e. The van der Waals surface area contributed by atoms with Crippen LogP contribution in [0.4, 0.5) is 11.4 Å². The average Bonchev–Trinajstić information content (AvgIpc) is 2.73. The predicted molar refractivity (Wildman–Crippen MR) is 115 cm³/mol. The fourth-order valence-electron chi connectivity index (χ4n) is 2.64. The maximum absolute atomic E-state index is 12.0. The molecular weight excluding hydrogens is 400 g/mol. The summed E-state index contributed by atoms with van der Waals surface area (Å²) in [5.74, 6) is -1.57. The molecule has 0 atom stereocenters. The number of Topliss-reactive ketones (excluding diaryl/α,β-unsaturated/α-hetero) is 2. The molecule has 2 rings (SSSR count). The number of ketones is 2. The van der Waals surface area contributed by atoms with Crippen LogP contribution in [0.25, 0.3) is 0 Å². The summed E-state index contributed by atoms with van der Waals surface area (Å²) in [6, 6.07) is 12.9. The molecule has 0 bridgehead atoms. The Morgan fingerprint density at radius 3 is 2.03 bits per heavy atom. The monoisotopic (exact) mass is 424 g/mol. The first-order valence-electron chi connectivity index (χ1n) is 9.72. The molecule has 0 aliphatic heterocycles. The number of amides is 2. The second-order valence-electron chi connectivity index (χ2n) is 6.88. The van der Waals surface area contributed by atoms with Crippen molar-refractivity contribution in [2.24, 2.45) is 0 Å². The van der Waals surface area contributed by atoms with Gasteiger partial charge in [0.05, 0.1) is 0 Å². The zero-order chi connectivity index (χ0) is 22.8. The van der Waals surface area contributed by atoms with Crippen LogP contribution < -0.4 is 10.6 Å². The number of rotatable bonds is 10. The van der Waals surface area contributed by atoms with E-state index < -0.39 is 18.5 Å². The zero-order valence-electron chi connectivity index (χ0n) is 17.4. The van der Waals surface area contributed by atoms with Crippen molar-refractivity contribution in [3.8, 4) is 0 Å². The van der Waals surface area contributed by atoms with Crippen LogP contribution in [0.5, 0.6) is 0 Å². The molecule has 8 heteroatoms. The van der Waals surface area contributed by atoms with Crippen LogP contribution in [0, 0.1) is 0 Å². The van der Waals surface area contributed by atoms with E-state index in [2.05, 4.69) is 10.6 Å². The van der Waals surface area contributed by atoms with Crippen molar-refractivity contribution in [2.45, 2.75) is 33.1 Å². The van der Waals surface area contributed by atoms with Crippen LogP contribution in [0.1, 0.15) is 53.8 Å². The van der Waals surface area contributed by atoms with Crippen LogP contribution in [0.3, 0.4) is 0 Å². The van der Waals surface area contributed by atoms with Gasteiger partial charge in [-0.05, 0) is 56.7 Å². The SMILES string of the molecule is CC(=O)c1ccc(NC(=O)COC(=O)CCCC(=O)Nc2cccc(C(C)=O)c2)cc1. The summed E-state index contributed by atoms with van der Waals surface area (Å²) in [5, 5.41) is 5.23. The van der Waals surface area contributed by atoms with Crippen molar-refractivity contribution in [2.75, 3.05) is 17.2 Å². The van der Waals surface area contributed by atoms with E-state index in [0.29, 0.717) is 22.5 Å². The van der Waals surface area contributed by atoms with Gasteiger partial charge in [-0.15, -0.1) is 0 Å². The number of hydrogen-bond acceptors (Lipinski definition) is 6. The molecule has 0 aliphatic rings. The third-order valence-corrected chi connectivity index (χ3v) is 4.28. The topological polar surface area (TPSA) is 119 Å². The molecule has 2 aromatic carbocycles. The Balaban J connectivity index is 1.66. The van der Waals surface area contributed by atoms with Crippen LogP contribution in [0.15, 0.2) is 48.5 Å². The lowest BCUT2D eigenvalue weighted by atomic mass is 10.1. The minimum atomic E-state index is -0.589. The van der Waals surface area contributed by atoms with Gasteiger partial charge in [-0.3, -0.25) is 24.0 Å². The van der Waals surface area contributed by atoms with E-state index in [0.717, 1.165) is 0 Å². The van der Waals surface area contributed by atoms with Gasteiger partial charge in [0.15, 0.2) is 18.2 Å². The predicted octanol–water partition coefficient (Wildman–Crippen LogP) is 3.38. The van der Waals surface area contributed by atoms with Crippen LogP contribution >= 0.6 is 0 Å². The van der Waals surface area contributed by atoms with Gasteiger partial charge < -0.3 is 15.4 Å². The second kappa shape index (κ2) is 11.4. The molecule has 31 heavy (non-hydrogen) atoms. The number of carbonyl (C=O) groups is 5. The molecular formula is C23H24N2O6. The minimum Gasteiger partial charge on any atom is -0.456 e. The van der Waals surface area contributed by atoms with Crippen molar-refractivity contribution in [3.63, 3.8) is 0 Å². The molecule has 2 N–H and O–H groups in total. The number of esters is 1. The third kappa shape index (κ3) is 8.22. The van der Waals surface area contributed by atoms with Crippen molar-refractivity contribution in [1.29, 1.82) is 0 Å². The average molecular weight is 424 g/mol. The standard InChI is InChI=1S/C23H24N2O6/c1-15(26)17-9-11-19(12-10-17)24-22(29)14-31-23(30)8-4-7-21(28)25-20-6-3-5-18(13-20)16(2)27/h3,5-6,9-13H,4,7-8,14H2,1-2H3,(H,24,29)(H,25,28). The first-order chi connectivity index (χ1) is 14.7. The molecule has 0 aromatic heterocycles. The van der Waals surface area contributed by atoms with E-state index in [1.54, 1.807) is 48.5 Å². The fourth-order valence-corrected chi connectivity index (χ4v) is 2.64. The number of ether oxygens (including phenoxy) is 1. The Morgan fingerprint density at radius 1 is 0.742 bits per heavy atom. The summed E-state index contributed by atoms with van der Waals surface area (Å²) in [7, 11) is 0. The van der Waals surface area contributed by atoms with E-state index in [1.165, 1.54) is 13.8 Å². The van der Waals surface area contributed by atoms with Crippen molar-refractivity contribution >= 4 is 40.7 Å². The van der Waals surface area contributed by atoms with Gasteiger partial charge in [-0.25, -0.2) is 0 Å². The number of anilines is 2. The highest BCUT2D eigenvalue weighted by Gasteiger charge is 2.10. The number of carbonyl (C=O) groups excluding carboxylic acids is 5.